The normalized spacial score (nSPS) is 26.4. The van der Waals surface area contributed by atoms with Gasteiger partial charge in [0.25, 0.3) is 0 Å². The van der Waals surface area contributed by atoms with Gasteiger partial charge in [-0.2, -0.15) is 0 Å². The number of β-amino-alcohol motifs (C(OH)–C–C–N with tert-alkyl or cyclic N) is 1. The van der Waals surface area contributed by atoms with E-state index in [4.69, 9.17) is 5.73 Å². The van der Waals surface area contributed by atoms with Gasteiger partial charge in [0, 0.05) is 19.6 Å². The smallest absolute Gasteiger partial charge is 0.224 e. The molecule has 0 bridgehead atoms. The molecule has 3 rings (SSSR count). The van der Waals surface area contributed by atoms with Gasteiger partial charge >= 0.3 is 0 Å². The number of carbonyl (C=O) groups excluding carboxylic acids is 1. The van der Waals surface area contributed by atoms with Crippen molar-refractivity contribution in [1.29, 1.82) is 0 Å². The average molecular weight is 274 g/mol. The topological polar surface area (TPSA) is 66.6 Å². The molecule has 1 heterocycles. The number of amides is 1. The number of nitrogens with zero attached hydrogens (tertiary/aromatic N) is 1. The number of carbonyl (C=O) groups is 1. The summed E-state index contributed by atoms with van der Waals surface area (Å²) in [5, 5.41) is 9.57. The van der Waals surface area contributed by atoms with Crippen LogP contribution in [-0.4, -0.2) is 35.1 Å². The summed E-state index contributed by atoms with van der Waals surface area (Å²) < 4.78 is 0. The van der Waals surface area contributed by atoms with Crippen LogP contribution in [0.5, 0.6) is 0 Å². The van der Waals surface area contributed by atoms with Gasteiger partial charge in [-0.15, -0.1) is 0 Å². The van der Waals surface area contributed by atoms with E-state index in [1.807, 2.05) is 0 Å². The van der Waals surface area contributed by atoms with E-state index in [0.29, 0.717) is 0 Å². The average Bonchev–Trinajstić information content (AvgIpc) is 2.83. The third-order valence-electron chi connectivity index (χ3n) is 4.52. The van der Waals surface area contributed by atoms with E-state index in [9.17, 15) is 9.90 Å². The van der Waals surface area contributed by atoms with Crippen LogP contribution in [0.2, 0.25) is 0 Å². The van der Waals surface area contributed by atoms with Crippen molar-refractivity contribution in [2.24, 2.45) is 5.73 Å². The predicted octanol–water partition coefficient (Wildman–Crippen LogP) is 1.16. The monoisotopic (exact) mass is 274 g/mol. The minimum absolute atomic E-state index is 0.110. The third kappa shape index (κ3) is 2.72. The highest BCUT2D eigenvalue weighted by atomic mass is 16.3. The lowest BCUT2D eigenvalue weighted by atomic mass is 9.81. The number of hydrogen-bond acceptors (Lipinski definition) is 3. The van der Waals surface area contributed by atoms with Crippen LogP contribution >= 0.6 is 0 Å². The van der Waals surface area contributed by atoms with Crippen LogP contribution < -0.4 is 5.73 Å². The molecule has 0 aromatic heterocycles. The molecule has 1 aromatic carbocycles. The number of fused-ring (bicyclic) bond motifs is 1. The lowest BCUT2D eigenvalue weighted by Gasteiger charge is -2.24. The molecule has 0 saturated carbocycles. The van der Waals surface area contributed by atoms with Crippen LogP contribution in [0.1, 0.15) is 41.9 Å². The summed E-state index contributed by atoms with van der Waals surface area (Å²) in [5.41, 5.74) is 9.15. The van der Waals surface area contributed by atoms with Gasteiger partial charge < -0.3 is 10.8 Å². The van der Waals surface area contributed by atoms with Gasteiger partial charge in [-0.05, 0) is 42.4 Å². The molecule has 108 valence electrons. The number of aliphatic hydroxyl groups is 1. The number of nitrogens with two attached hydrogens (primary N) is 1. The van der Waals surface area contributed by atoms with Crippen molar-refractivity contribution in [3.8, 4) is 0 Å². The minimum atomic E-state index is -0.207. The van der Waals surface area contributed by atoms with Crippen molar-refractivity contribution in [2.75, 3.05) is 13.1 Å². The van der Waals surface area contributed by atoms with Crippen LogP contribution in [0.15, 0.2) is 18.2 Å². The Morgan fingerprint density at radius 3 is 2.95 bits per heavy atom. The van der Waals surface area contributed by atoms with Crippen molar-refractivity contribution in [3.63, 3.8) is 0 Å². The Bertz CT molecular complexity index is 515. The Hall–Kier alpha value is -1.39. The largest absolute Gasteiger partial charge is 0.392 e. The molecule has 2 unspecified atom stereocenters. The van der Waals surface area contributed by atoms with Crippen LogP contribution in [-0.2, 0) is 17.8 Å². The van der Waals surface area contributed by atoms with Gasteiger partial charge in [0.15, 0.2) is 0 Å². The molecular weight excluding hydrogens is 252 g/mol. The fraction of sp³-hybridized carbons (Fsp3) is 0.562. The highest BCUT2D eigenvalue weighted by Gasteiger charge is 2.25. The van der Waals surface area contributed by atoms with Gasteiger partial charge in [-0.1, -0.05) is 18.2 Å². The first-order valence-electron chi connectivity index (χ1n) is 7.45. The van der Waals surface area contributed by atoms with Crippen molar-refractivity contribution >= 4 is 5.91 Å². The van der Waals surface area contributed by atoms with Crippen molar-refractivity contribution < 1.29 is 9.90 Å². The molecule has 1 aromatic rings. The Morgan fingerprint density at radius 2 is 2.25 bits per heavy atom. The third-order valence-corrected chi connectivity index (χ3v) is 4.52. The second-order valence-electron chi connectivity index (χ2n) is 6.06. The zero-order chi connectivity index (χ0) is 14.1. The first kappa shape index (κ1) is 13.6. The Labute approximate surface area is 119 Å². The molecule has 1 amide bonds. The highest BCUT2D eigenvalue weighted by Crippen LogP contribution is 2.32. The number of rotatable bonds is 3. The van der Waals surface area contributed by atoms with Crippen molar-refractivity contribution in [3.05, 3.63) is 34.9 Å². The first-order chi connectivity index (χ1) is 9.63. The van der Waals surface area contributed by atoms with E-state index in [1.165, 1.54) is 11.1 Å². The molecule has 1 aliphatic carbocycles. The summed E-state index contributed by atoms with van der Waals surface area (Å²) in [4.78, 5) is 13.8. The first-order valence-corrected chi connectivity index (χ1v) is 7.45. The molecular formula is C16H22N2O2. The number of benzene rings is 1. The van der Waals surface area contributed by atoms with Crippen LogP contribution in [0.25, 0.3) is 0 Å². The van der Waals surface area contributed by atoms with Gasteiger partial charge in [0.05, 0.1) is 12.0 Å². The SMILES string of the molecule is NC(=O)C1CCCc2cc(CN3CCC(O)C3)ccc21. The molecule has 1 fully saturated rings. The molecule has 4 heteroatoms. The van der Waals surface area contributed by atoms with E-state index >= 15 is 0 Å². The molecule has 0 radical (unpaired) electrons. The fourth-order valence-electron chi connectivity index (χ4n) is 3.48. The molecule has 2 atom stereocenters. The Kier molecular flexibility index (Phi) is 3.76. The van der Waals surface area contributed by atoms with Crippen molar-refractivity contribution in [2.45, 2.75) is 44.2 Å². The summed E-state index contributed by atoms with van der Waals surface area (Å²) in [5.74, 6) is -0.317. The number of aliphatic hydroxyl groups excluding tert-OH is 1. The summed E-state index contributed by atoms with van der Waals surface area (Å²) in [6.45, 7) is 2.61. The van der Waals surface area contributed by atoms with Gasteiger partial charge in [0.2, 0.25) is 5.91 Å². The lowest BCUT2D eigenvalue weighted by molar-refractivity contribution is -0.119. The molecule has 1 aliphatic heterocycles. The van der Waals surface area contributed by atoms with E-state index in [2.05, 4.69) is 23.1 Å². The summed E-state index contributed by atoms with van der Waals surface area (Å²) in [7, 11) is 0. The molecule has 0 spiro atoms. The van der Waals surface area contributed by atoms with E-state index in [0.717, 1.165) is 50.9 Å². The van der Waals surface area contributed by atoms with Gasteiger partial charge in [-0.25, -0.2) is 0 Å². The molecule has 4 nitrogen and oxygen atoms in total. The Morgan fingerprint density at radius 1 is 1.40 bits per heavy atom. The maximum absolute atomic E-state index is 11.5. The Balaban J connectivity index is 1.77. The number of aryl methyl sites for hydroxylation is 1. The van der Waals surface area contributed by atoms with E-state index < -0.39 is 0 Å². The zero-order valence-electron chi connectivity index (χ0n) is 11.7. The maximum Gasteiger partial charge on any atom is 0.224 e. The summed E-state index contributed by atoms with van der Waals surface area (Å²) >= 11 is 0. The number of likely N-dealkylation sites (tertiary alicyclic amines) is 1. The predicted molar refractivity (Wildman–Crippen MR) is 77.2 cm³/mol. The second-order valence-corrected chi connectivity index (χ2v) is 6.06. The van der Waals surface area contributed by atoms with E-state index in [-0.39, 0.29) is 17.9 Å². The van der Waals surface area contributed by atoms with Gasteiger partial charge in [0.1, 0.15) is 0 Å². The second kappa shape index (κ2) is 5.54. The minimum Gasteiger partial charge on any atom is -0.392 e. The lowest BCUT2D eigenvalue weighted by Crippen LogP contribution is -2.25. The van der Waals surface area contributed by atoms with Crippen LogP contribution in [0.4, 0.5) is 0 Å². The molecule has 2 aliphatic rings. The standard InChI is InChI=1S/C16H22N2O2/c17-16(20)15-3-1-2-12-8-11(4-5-14(12)15)9-18-7-6-13(19)10-18/h4-5,8,13,15,19H,1-3,6-7,9-10H2,(H2,17,20). The zero-order valence-corrected chi connectivity index (χ0v) is 11.7. The fourth-order valence-corrected chi connectivity index (χ4v) is 3.48. The van der Waals surface area contributed by atoms with Gasteiger partial charge in [-0.3, -0.25) is 9.69 Å². The number of primary amides is 1. The summed E-state index contributed by atoms with van der Waals surface area (Å²) in [6, 6.07) is 6.39. The molecule has 1 saturated heterocycles. The highest BCUT2D eigenvalue weighted by molar-refractivity contribution is 5.82. The van der Waals surface area contributed by atoms with Crippen molar-refractivity contribution in [1.82, 2.24) is 4.90 Å². The quantitative estimate of drug-likeness (QED) is 0.869. The van der Waals surface area contributed by atoms with Crippen LogP contribution in [0.3, 0.4) is 0 Å². The molecule has 20 heavy (non-hydrogen) atoms. The maximum atomic E-state index is 11.5. The molecule has 3 N–H and O–H groups in total. The number of hydrogen-bond donors (Lipinski definition) is 2. The van der Waals surface area contributed by atoms with Crippen LogP contribution in [0, 0.1) is 0 Å². The summed E-state index contributed by atoms with van der Waals surface area (Å²) in [6.07, 6.45) is 3.64. The van der Waals surface area contributed by atoms with E-state index in [1.54, 1.807) is 0 Å².